The van der Waals surface area contributed by atoms with E-state index in [1.807, 2.05) is 11.5 Å². The first-order valence-electron chi connectivity index (χ1n) is 5.34. The number of hydrazine groups is 1. The van der Waals surface area contributed by atoms with Gasteiger partial charge in [0.25, 0.3) is 5.24 Å². The number of nitrogens with one attached hydrogen (secondary N) is 1. The van der Waals surface area contributed by atoms with Crippen LogP contribution in [0.2, 0.25) is 0 Å². The normalized spacial score (nSPS) is 9.56. The van der Waals surface area contributed by atoms with Crippen LogP contribution in [0.3, 0.4) is 0 Å². The van der Waals surface area contributed by atoms with Gasteiger partial charge < -0.3 is 0 Å². The molecule has 0 aliphatic rings. The molecule has 1 aromatic rings. The Balaban J connectivity index is 2.41. The van der Waals surface area contributed by atoms with Crippen LogP contribution in [0.5, 0.6) is 0 Å². The predicted molar refractivity (Wildman–Crippen MR) is 69.9 cm³/mol. The molecule has 0 aliphatic carbocycles. The highest BCUT2D eigenvalue weighted by Gasteiger charge is 2.07. The number of amides is 1. The molecule has 94 valence electrons. The average molecular weight is 263 g/mol. The number of rotatable bonds is 5. The van der Waals surface area contributed by atoms with Crippen molar-refractivity contribution in [1.29, 1.82) is 5.26 Å². The van der Waals surface area contributed by atoms with E-state index in [9.17, 15) is 9.59 Å². The standard InChI is InChI=1S/C12H13N3O2S/c13-8-9-3-1-4-10(7-9)11(16)5-2-6-18-12(17)15-14/h1,3-4,7H,2,5-6,14H2,(H,15,17). The van der Waals surface area contributed by atoms with Crippen molar-refractivity contribution < 1.29 is 9.59 Å². The lowest BCUT2D eigenvalue weighted by Crippen LogP contribution is -2.26. The van der Waals surface area contributed by atoms with Crippen molar-refractivity contribution in [2.24, 2.45) is 5.84 Å². The van der Waals surface area contributed by atoms with Crippen molar-refractivity contribution in [2.45, 2.75) is 12.8 Å². The van der Waals surface area contributed by atoms with Crippen molar-refractivity contribution in [3.63, 3.8) is 0 Å². The van der Waals surface area contributed by atoms with Gasteiger partial charge in [-0.1, -0.05) is 23.9 Å². The fraction of sp³-hybridized carbons (Fsp3) is 0.250. The van der Waals surface area contributed by atoms with E-state index in [4.69, 9.17) is 11.1 Å². The third-order valence-corrected chi connectivity index (χ3v) is 3.09. The monoisotopic (exact) mass is 263 g/mol. The maximum Gasteiger partial charge on any atom is 0.292 e. The lowest BCUT2D eigenvalue weighted by molar-refractivity contribution is 0.0982. The van der Waals surface area contributed by atoms with Crippen molar-refractivity contribution in [3.8, 4) is 6.07 Å². The lowest BCUT2D eigenvalue weighted by Gasteiger charge is -2.01. The Hall–Kier alpha value is -1.84. The summed E-state index contributed by atoms with van der Waals surface area (Å²) in [6, 6.07) is 8.58. The maximum atomic E-state index is 11.8. The van der Waals surface area contributed by atoms with Crippen LogP contribution in [0.15, 0.2) is 24.3 Å². The molecular weight excluding hydrogens is 250 g/mol. The smallest absolute Gasteiger partial charge is 0.292 e. The predicted octanol–water partition coefficient (Wildman–Crippen LogP) is 1.84. The van der Waals surface area contributed by atoms with E-state index in [1.165, 1.54) is 0 Å². The summed E-state index contributed by atoms with van der Waals surface area (Å²) in [7, 11) is 0. The van der Waals surface area contributed by atoms with Crippen LogP contribution in [-0.2, 0) is 0 Å². The third-order valence-electron chi connectivity index (χ3n) is 2.21. The molecule has 0 fully saturated rings. The van der Waals surface area contributed by atoms with Crippen LogP contribution < -0.4 is 11.3 Å². The molecule has 1 aromatic carbocycles. The lowest BCUT2D eigenvalue weighted by atomic mass is 10.0. The highest BCUT2D eigenvalue weighted by molar-refractivity contribution is 8.13. The first-order chi connectivity index (χ1) is 8.67. The van der Waals surface area contributed by atoms with Gasteiger partial charge in [-0.15, -0.1) is 0 Å². The molecule has 0 saturated heterocycles. The minimum absolute atomic E-state index is 0.0270. The number of Topliss-reactive ketones (excluding diaryl/α,β-unsaturated/α-hetero) is 1. The maximum absolute atomic E-state index is 11.8. The second-order valence-electron chi connectivity index (χ2n) is 3.50. The summed E-state index contributed by atoms with van der Waals surface area (Å²) < 4.78 is 0. The van der Waals surface area contributed by atoms with Gasteiger partial charge >= 0.3 is 0 Å². The van der Waals surface area contributed by atoms with Gasteiger partial charge in [0.15, 0.2) is 5.78 Å². The molecule has 0 heterocycles. The summed E-state index contributed by atoms with van der Waals surface area (Å²) >= 11 is 1.04. The minimum Gasteiger partial charge on any atom is -0.294 e. The zero-order chi connectivity index (χ0) is 13.4. The topological polar surface area (TPSA) is 96.0 Å². The Morgan fingerprint density at radius 1 is 1.44 bits per heavy atom. The SMILES string of the molecule is N#Cc1cccc(C(=O)CCCSC(=O)NN)c1. The molecule has 0 aliphatic heterocycles. The third kappa shape index (κ3) is 4.57. The molecule has 3 N–H and O–H groups in total. The molecule has 0 radical (unpaired) electrons. The summed E-state index contributed by atoms with van der Waals surface area (Å²) in [5, 5.41) is 8.41. The first kappa shape index (κ1) is 14.2. The Labute approximate surface area is 109 Å². The van der Waals surface area contributed by atoms with Gasteiger partial charge in [-0.25, -0.2) is 5.84 Å². The van der Waals surface area contributed by atoms with Crippen LogP contribution in [0.1, 0.15) is 28.8 Å². The molecular formula is C12H13N3O2S. The van der Waals surface area contributed by atoms with Crippen molar-refractivity contribution in [2.75, 3.05) is 5.75 Å². The number of nitrogens with two attached hydrogens (primary N) is 1. The molecule has 0 aromatic heterocycles. The van der Waals surface area contributed by atoms with E-state index < -0.39 is 0 Å². The van der Waals surface area contributed by atoms with E-state index in [0.29, 0.717) is 29.7 Å². The van der Waals surface area contributed by atoms with Gasteiger partial charge in [0.05, 0.1) is 11.6 Å². The van der Waals surface area contributed by atoms with Crippen LogP contribution >= 0.6 is 11.8 Å². The number of nitriles is 1. The van der Waals surface area contributed by atoms with Crippen molar-refractivity contribution in [1.82, 2.24) is 5.43 Å². The van der Waals surface area contributed by atoms with Gasteiger partial charge in [0.2, 0.25) is 0 Å². The van der Waals surface area contributed by atoms with Gasteiger partial charge in [-0.2, -0.15) is 5.26 Å². The van der Waals surface area contributed by atoms with E-state index in [0.717, 1.165) is 11.8 Å². The number of carbonyl (C=O) groups excluding carboxylic acids is 2. The molecule has 0 saturated carbocycles. The molecule has 6 heteroatoms. The second-order valence-corrected chi connectivity index (χ2v) is 4.57. The average Bonchev–Trinajstić information content (AvgIpc) is 2.43. The number of ketones is 1. The molecule has 0 bridgehead atoms. The number of nitrogens with zero attached hydrogens (tertiary/aromatic N) is 1. The molecule has 5 nitrogen and oxygen atoms in total. The Morgan fingerprint density at radius 2 is 2.22 bits per heavy atom. The molecule has 1 amide bonds. The molecule has 0 spiro atoms. The van der Waals surface area contributed by atoms with Crippen molar-refractivity contribution >= 4 is 22.8 Å². The van der Waals surface area contributed by atoms with Gasteiger partial charge in [0.1, 0.15) is 0 Å². The summed E-state index contributed by atoms with van der Waals surface area (Å²) in [5.74, 6) is 5.43. The quantitative estimate of drug-likeness (QED) is 0.278. The van der Waals surface area contributed by atoms with E-state index in [2.05, 4.69) is 0 Å². The van der Waals surface area contributed by atoms with Crippen LogP contribution in [0.25, 0.3) is 0 Å². The molecule has 0 atom stereocenters. The first-order valence-corrected chi connectivity index (χ1v) is 6.32. The number of carbonyl (C=O) groups is 2. The number of thioether (sulfide) groups is 1. The van der Waals surface area contributed by atoms with Crippen LogP contribution in [0, 0.1) is 11.3 Å². The molecule has 0 unspecified atom stereocenters. The number of hydrogen-bond acceptors (Lipinski definition) is 5. The largest absolute Gasteiger partial charge is 0.294 e. The van der Waals surface area contributed by atoms with Gasteiger partial charge in [0, 0.05) is 17.7 Å². The Bertz CT molecular complexity index is 482. The summed E-state index contributed by atoms with van der Waals surface area (Å²) in [6.07, 6.45) is 0.938. The van der Waals surface area contributed by atoms with Gasteiger partial charge in [-0.3, -0.25) is 15.0 Å². The van der Waals surface area contributed by atoms with E-state index in [-0.39, 0.29) is 11.0 Å². The Morgan fingerprint density at radius 3 is 2.89 bits per heavy atom. The van der Waals surface area contributed by atoms with E-state index in [1.54, 1.807) is 24.3 Å². The second kappa shape index (κ2) is 7.48. The number of benzene rings is 1. The molecule has 18 heavy (non-hydrogen) atoms. The fourth-order valence-electron chi connectivity index (χ4n) is 1.35. The summed E-state index contributed by atoms with van der Waals surface area (Å²) in [6.45, 7) is 0. The zero-order valence-corrected chi connectivity index (χ0v) is 10.5. The van der Waals surface area contributed by atoms with Crippen molar-refractivity contribution in [3.05, 3.63) is 35.4 Å². The van der Waals surface area contributed by atoms with E-state index >= 15 is 0 Å². The molecule has 1 rings (SSSR count). The van der Waals surface area contributed by atoms with Gasteiger partial charge in [-0.05, 0) is 18.6 Å². The minimum atomic E-state index is -0.311. The van der Waals surface area contributed by atoms with Crippen LogP contribution in [0.4, 0.5) is 4.79 Å². The summed E-state index contributed by atoms with van der Waals surface area (Å²) in [4.78, 5) is 22.6. The fourth-order valence-corrected chi connectivity index (χ4v) is 1.90. The van der Waals surface area contributed by atoms with Crippen LogP contribution in [-0.4, -0.2) is 16.8 Å². The zero-order valence-electron chi connectivity index (χ0n) is 9.68. The highest BCUT2D eigenvalue weighted by atomic mass is 32.2. The summed E-state index contributed by atoms with van der Waals surface area (Å²) in [5.41, 5.74) is 3.00. The Kier molecular flexibility index (Phi) is 5.91. The highest BCUT2D eigenvalue weighted by Crippen LogP contribution is 2.11. The number of hydrogen-bond donors (Lipinski definition) is 2.